The van der Waals surface area contributed by atoms with Crippen molar-refractivity contribution < 1.29 is 38.1 Å². The van der Waals surface area contributed by atoms with Crippen molar-refractivity contribution in [1.29, 1.82) is 0 Å². The molecule has 1 saturated heterocycles. The molecule has 0 aliphatic carbocycles. The van der Waals surface area contributed by atoms with Crippen molar-refractivity contribution in [2.45, 2.75) is 83.8 Å². The highest BCUT2D eigenvalue weighted by atomic mass is 19.1. The van der Waals surface area contributed by atoms with Crippen molar-refractivity contribution in [2.75, 3.05) is 7.11 Å². The Balaban J connectivity index is 2.17. The predicted octanol–water partition coefficient (Wildman–Crippen LogP) is 3.14. The van der Waals surface area contributed by atoms with Gasteiger partial charge in [-0.25, -0.2) is 9.18 Å². The van der Waals surface area contributed by atoms with Crippen LogP contribution < -0.4 is 5.32 Å². The topological polar surface area (TPSA) is 119 Å². The van der Waals surface area contributed by atoms with Gasteiger partial charge < -0.3 is 14.6 Å². The number of halogens is 1. The standard InChI is InChI=1S/C27H38FNO7/c1-16-11-17(2)27(36-25(34)10-8-6-5-7-9-22(35-4)26(16)28)18(3)21(31)15-20(30)12-19-13-23(32)29-24(33)14-19/h7-11,16,18-20,22,26-27,30H,5-6,12-15H2,1-4H3,(H,29,32,33)/t16-,18-,20-,22+,26-,27+/m1/s1. The van der Waals surface area contributed by atoms with Crippen molar-refractivity contribution in [3.63, 3.8) is 0 Å². The first-order chi connectivity index (χ1) is 17.0. The summed E-state index contributed by atoms with van der Waals surface area (Å²) in [5.41, 5.74) is 0.521. The Labute approximate surface area is 212 Å². The molecular weight excluding hydrogens is 469 g/mol. The molecule has 0 aromatic heterocycles. The van der Waals surface area contributed by atoms with E-state index in [-0.39, 0.29) is 37.4 Å². The molecule has 9 heteroatoms. The summed E-state index contributed by atoms with van der Waals surface area (Å²) >= 11 is 0. The van der Waals surface area contributed by atoms with E-state index < -0.39 is 54.1 Å². The second-order valence-electron chi connectivity index (χ2n) is 9.77. The van der Waals surface area contributed by atoms with Gasteiger partial charge in [0.05, 0.1) is 12.0 Å². The number of allylic oxidation sites excluding steroid dienone is 3. The molecule has 2 aliphatic heterocycles. The van der Waals surface area contributed by atoms with E-state index >= 15 is 4.39 Å². The molecule has 2 amide bonds. The Hall–Kier alpha value is -2.65. The van der Waals surface area contributed by atoms with Crippen molar-refractivity contribution in [3.8, 4) is 0 Å². The summed E-state index contributed by atoms with van der Waals surface area (Å²) in [5, 5.41) is 12.7. The number of amides is 2. The number of hydrogen-bond acceptors (Lipinski definition) is 7. The molecule has 0 bridgehead atoms. The molecule has 0 radical (unpaired) electrons. The maximum absolute atomic E-state index is 15.1. The zero-order chi connectivity index (χ0) is 26.8. The van der Waals surface area contributed by atoms with E-state index in [0.717, 1.165) is 0 Å². The molecule has 0 saturated carbocycles. The fraction of sp³-hybridized carbons (Fsp3) is 0.630. The number of Topliss-reactive ketones (excluding diaryl/α,β-unsaturated/α-hetero) is 1. The number of methoxy groups -OCH3 is 1. The summed E-state index contributed by atoms with van der Waals surface area (Å²) < 4.78 is 26.0. The molecule has 0 unspecified atom stereocenters. The van der Waals surface area contributed by atoms with Gasteiger partial charge >= 0.3 is 5.97 Å². The minimum absolute atomic E-state index is 0.112. The van der Waals surface area contributed by atoms with E-state index in [9.17, 15) is 24.3 Å². The molecule has 1 fully saturated rings. The van der Waals surface area contributed by atoms with Gasteiger partial charge in [0, 0.05) is 38.4 Å². The van der Waals surface area contributed by atoms with E-state index in [2.05, 4.69) is 5.32 Å². The number of imide groups is 1. The average Bonchev–Trinajstić information content (AvgIpc) is 2.79. The number of nitrogens with one attached hydrogen (secondary N) is 1. The monoisotopic (exact) mass is 507 g/mol. The summed E-state index contributed by atoms with van der Waals surface area (Å²) in [6.07, 6.45) is 5.31. The van der Waals surface area contributed by atoms with E-state index in [4.69, 9.17) is 9.47 Å². The van der Waals surface area contributed by atoms with Crippen LogP contribution in [0.1, 0.15) is 59.3 Å². The van der Waals surface area contributed by atoms with Gasteiger partial charge in [0.2, 0.25) is 11.8 Å². The summed E-state index contributed by atoms with van der Waals surface area (Å²) in [5.74, 6) is -3.46. The lowest BCUT2D eigenvalue weighted by atomic mass is 9.85. The molecule has 2 aliphatic rings. The van der Waals surface area contributed by atoms with Crippen molar-refractivity contribution in [1.82, 2.24) is 5.32 Å². The molecule has 0 aromatic rings. The molecular formula is C27H38FNO7. The van der Waals surface area contributed by atoms with Gasteiger partial charge in [-0.05, 0) is 37.7 Å². The number of cyclic esters (lactones) is 1. The van der Waals surface area contributed by atoms with Crippen LogP contribution in [0.15, 0.2) is 36.0 Å². The second-order valence-corrected chi connectivity index (χ2v) is 9.77. The number of piperidine rings is 1. The number of aliphatic hydroxyl groups excluding tert-OH is 1. The largest absolute Gasteiger partial charge is 0.454 e. The van der Waals surface area contributed by atoms with Crippen LogP contribution in [-0.2, 0) is 28.7 Å². The summed E-state index contributed by atoms with van der Waals surface area (Å²) in [6, 6.07) is 0. The Morgan fingerprint density at radius 2 is 1.86 bits per heavy atom. The van der Waals surface area contributed by atoms with Crippen molar-refractivity contribution >= 4 is 23.6 Å². The predicted molar refractivity (Wildman–Crippen MR) is 131 cm³/mol. The van der Waals surface area contributed by atoms with Crippen LogP contribution in [0.5, 0.6) is 0 Å². The number of hydrogen-bond donors (Lipinski definition) is 2. The second kappa shape index (κ2) is 14.2. The van der Waals surface area contributed by atoms with Crippen molar-refractivity contribution in [2.24, 2.45) is 17.8 Å². The van der Waals surface area contributed by atoms with Crippen LogP contribution in [0.25, 0.3) is 0 Å². The third kappa shape index (κ3) is 9.09. The first-order valence-electron chi connectivity index (χ1n) is 12.4. The minimum Gasteiger partial charge on any atom is -0.454 e. The normalized spacial score (nSPS) is 28.5. The number of esters is 1. The summed E-state index contributed by atoms with van der Waals surface area (Å²) in [6.45, 7) is 4.98. The molecule has 2 heterocycles. The van der Waals surface area contributed by atoms with Gasteiger partial charge in [-0.1, -0.05) is 38.2 Å². The Morgan fingerprint density at radius 3 is 2.50 bits per heavy atom. The highest BCUT2D eigenvalue weighted by Gasteiger charge is 2.33. The zero-order valence-corrected chi connectivity index (χ0v) is 21.4. The Kier molecular flexibility index (Phi) is 11.7. The molecule has 200 valence electrons. The SMILES string of the molecule is CO[C@H]1C=CCCC=CC(=O)O[C@H]([C@H](C)C(=O)C[C@H](O)CC2CC(=O)NC(=O)C2)C(C)=C[C@@H](C)[C@H]1F. The third-order valence-corrected chi connectivity index (χ3v) is 6.62. The molecule has 36 heavy (non-hydrogen) atoms. The molecule has 0 spiro atoms. The van der Waals surface area contributed by atoms with Crippen LogP contribution in [0.4, 0.5) is 4.39 Å². The Morgan fingerprint density at radius 1 is 1.22 bits per heavy atom. The molecule has 8 nitrogen and oxygen atoms in total. The van der Waals surface area contributed by atoms with Gasteiger partial charge in [-0.2, -0.15) is 0 Å². The fourth-order valence-electron chi connectivity index (χ4n) is 4.65. The average molecular weight is 508 g/mol. The van der Waals surface area contributed by atoms with Crippen LogP contribution in [0, 0.1) is 17.8 Å². The van der Waals surface area contributed by atoms with Gasteiger partial charge in [0.15, 0.2) is 0 Å². The number of aliphatic hydroxyl groups is 1. The lowest BCUT2D eigenvalue weighted by Crippen LogP contribution is -2.40. The quantitative estimate of drug-likeness (QED) is 0.309. The number of ether oxygens (including phenoxy) is 2. The lowest BCUT2D eigenvalue weighted by molar-refractivity contribution is -0.145. The highest BCUT2D eigenvalue weighted by Crippen LogP contribution is 2.26. The van der Waals surface area contributed by atoms with E-state index in [1.807, 2.05) is 6.08 Å². The first-order valence-corrected chi connectivity index (χ1v) is 12.4. The van der Waals surface area contributed by atoms with Crippen LogP contribution in [0.3, 0.4) is 0 Å². The highest BCUT2D eigenvalue weighted by molar-refractivity contribution is 5.97. The Bertz CT molecular complexity index is 881. The molecule has 0 aromatic carbocycles. The van der Waals surface area contributed by atoms with Gasteiger partial charge in [0.1, 0.15) is 24.2 Å². The molecule has 2 rings (SSSR count). The van der Waals surface area contributed by atoms with Crippen LogP contribution in [0.2, 0.25) is 0 Å². The van der Waals surface area contributed by atoms with Gasteiger partial charge in [-0.3, -0.25) is 19.7 Å². The van der Waals surface area contributed by atoms with E-state index in [0.29, 0.717) is 18.4 Å². The summed E-state index contributed by atoms with van der Waals surface area (Å²) in [7, 11) is 1.44. The summed E-state index contributed by atoms with van der Waals surface area (Å²) in [4.78, 5) is 48.7. The number of ketones is 1. The van der Waals surface area contributed by atoms with Gasteiger partial charge in [-0.15, -0.1) is 0 Å². The third-order valence-electron chi connectivity index (χ3n) is 6.62. The van der Waals surface area contributed by atoms with Crippen molar-refractivity contribution in [3.05, 3.63) is 36.0 Å². The van der Waals surface area contributed by atoms with E-state index in [1.54, 1.807) is 39.0 Å². The fourth-order valence-corrected chi connectivity index (χ4v) is 4.65. The lowest BCUT2D eigenvalue weighted by Gasteiger charge is -2.27. The number of alkyl halides is 1. The van der Waals surface area contributed by atoms with Crippen LogP contribution in [-0.4, -0.2) is 60.3 Å². The zero-order valence-electron chi connectivity index (χ0n) is 21.4. The molecule has 6 atom stereocenters. The number of carbonyl (C=O) groups is 4. The van der Waals surface area contributed by atoms with E-state index in [1.165, 1.54) is 13.2 Å². The number of carbonyl (C=O) groups excluding carboxylic acids is 4. The molecule has 2 N–H and O–H groups in total. The first kappa shape index (κ1) is 29.6. The minimum atomic E-state index is -1.35. The van der Waals surface area contributed by atoms with Gasteiger partial charge in [0.25, 0.3) is 0 Å². The number of rotatable bonds is 7. The van der Waals surface area contributed by atoms with Crippen LogP contribution >= 0.6 is 0 Å². The maximum Gasteiger partial charge on any atom is 0.331 e. The maximum atomic E-state index is 15.1. The smallest absolute Gasteiger partial charge is 0.331 e.